The average molecular weight is 275 g/mol. The smallest absolute Gasteiger partial charge is 0.258 e. The van der Waals surface area contributed by atoms with E-state index in [1.54, 1.807) is 12.1 Å². The number of aromatic nitrogens is 1. The molecule has 1 heterocycles. The van der Waals surface area contributed by atoms with Crippen molar-refractivity contribution in [1.29, 1.82) is 0 Å². The number of nitrogens with zero attached hydrogens (tertiary/aromatic N) is 3. The Morgan fingerprint density at radius 3 is 2.74 bits per heavy atom. The summed E-state index contributed by atoms with van der Waals surface area (Å²) in [5, 5.41) is 13.2. The van der Waals surface area contributed by atoms with Crippen molar-refractivity contribution in [3.05, 3.63) is 56.0 Å². The molecule has 0 amide bonds. The van der Waals surface area contributed by atoms with Crippen LogP contribution in [0.4, 0.5) is 5.69 Å². The molecule has 7 heteroatoms. The monoisotopic (exact) mass is 275 g/mol. The first-order chi connectivity index (χ1) is 9.19. The van der Waals surface area contributed by atoms with Gasteiger partial charge in [0, 0.05) is 23.9 Å². The number of hydrogen-bond donors (Lipinski definition) is 0. The Morgan fingerprint density at radius 1 is 1.37 bits per heavy atom. The number of rotatable bonds is 5. The summed E-state index contributed by atoms with van der Waals surface area (Å²) < 4.78 is 0. The summed E-state index contributed by atoms with van der Waals surface area (Å²) in [6, 6.07) is 6.37. The van der Waals surface area contributed by atoms with Crippen LogP contribution in [0.25, 0.3) is 0 Å². The van der Waals surface area contributed by atoms with E-state index in [2.05, 4.69) is 9.98 Å². The summed E-state index contributed by atoms with van der Waals surface area (Å²) in [7, 11) is 0. The van der Waals surface area contributed by atoms with E-state index in [-0.39, 0.29) is 12.2 Å². The number of nitro benzene ring substituents is 1. The number of isocyanates is 1. The van der Waals surface area contributed by atoms with Crippen molar-refractivity contribution < 1.29 is 9.72 Å². The highest BCUT2D eigenvalue weighted by Gasteiger charge is 2.06. The minimum absolute atomic E-state index is 0.0731. The van der Waals surface area contributed by atoms with E-state index >= 15 is 0 Å². The Morgan fingerprint density at radius 2 is 2.11 bits per heavy atom. The lowest BCUT2D eigenvalue weighted by Crippen LogP contribution is -1.91. The van der Waals surface area contributed by atoms with Gasteiger partial charge in [-0.2, -0.15) is 4.99 Å². The number of non-ortho nitro benzene ring substituents is 1. The van der Waals surface area contributed by atoms with Crippen molar-refractivity contribution >= 4 is 23.1 Å². The van der Waals surface area contributed by atoms with Gasteiger partial charge in [-0.3, -0.25) is 10.1 Å². The van der Waals surface area contributed by atoms with Crippen molar-refractivity contribution in [3.63, 3.8) is 0 Å². The highest BCUT2D eigenvalue weighted by molar-refractivity contribution is 7.09. The molecule has 0 bridgehead atoms. The first-order valence-corrected chi connectivity index (χ1v) is 6.27. The van der Waals surface area contributed by atoms with Gasteiger partial charge in [-0.15, -0.1) is 11.3 Å². The summed E-state index contributed by atoms with van der Waals surface area (Å²) in [6.45, 7) is 0.236. The minimum atomic E-state index is -0.428. The van der Waals surface area contributed by atoms with Crippen LogP contribution in [-0.2, 0) is 17.8 Å². The highest BCUT2D eigenvalue weighted by Crippen LogP contribution is 2.18. The quantitative estimate of drug-likeness (QED) is 0.363. The fourth-order valence-electron chi connectivity index (χ4n) is 1.53. The van der Waals surface area contributed by atoms with E-state index in [9.17, 15) is 14.9 Å². The Balaban J connectivity index is 2.06. The molecule has 0 fully saturated rings. The maximum atomic E-state index is 10.5. The number of hydrogen-bond acceptors (Lipinski definition) is 6. The van der Waals surface area contributed by atoms with Crippen molar-refractivity contribution in [2.75, 3.05) is 0 Å². The Bertz CT molecular complexity index is 630. The molecule has 19 heavy (non-hydrogen) atoms. The predicted molar refractivity (Wildman–Crippen MR) is 69.8 cm³/mol. The largest absolute Gasteiger partial charge is 0.269 e. The van der Waals surface area contributed by atoms with Gasteiger partial charge in [-0.1, -0.05) is 12.1 Å². The predicted octanol–water partition coefficient (Wildman–Crippen LogP) is 2.48. The SMILES string of the molecule is O=C=NCc1csc(Cc2ccc([N+](=O)[O-])cc2)n1. The van der Waals surface area contributed by atoms with Crippen LogP contribution in [-0.4, -0.2) is 16.0 Å². The Kier molecular flexibility index (Phi) is 4.12. The van der Waals surface area contributed by atoms with Crippen LogP contribution in [0.15, 0.2) is 34.6 Å². The second kappa shape index (κ2) is 5.99. The molecule has 2 rings (SSSR count). The molecule has 0 saturated carbocycles. The molecule has 0 aliphatic carbocycles. The van der Waals surface area contributed by atoms with Crippen LogP contribution in [0, 0.1) is 10.1 Å². The molecular formula is C12H9N3O3S. The van der Waals surface area contributed by atoms with Crippen molar-refractivity contribution in [3.8, 4) is 0 Å². The normalized spacial score (nSPS) is 9.89. The van der Waals surface area contributed by atoms with E-state index in [0.717, 1.165) is 16.3 Å². The molecule has 0 radical (unpaired) electrons. The summed E-state index contributed by atoms with van der Waals surface area (Å²) in [5.74, 6) is 0. The Labute approximate surface area is 112 Å². The third kappa shape index (κ3) is 3.54. The zero-order chi connectivity index (χ0) is 13.7. The number of benzene rings is 1. The zero-order valence-corrected chi connectivity index (χ0v) is 10.6. The van der Waals surface area contributed by atoms with E-state index < -0.39 is 4.92 Å². The molecule has 1 aromatic carbocycles. The van der Waals surface area contributed by atoms with E-state index in [0.29, 0.717) is 6.42 Å². The third-order valence-electron chi connectivity index (χ3n) is 2.41. The molecule has 0 N–H and O–H groups in total. The number of nitro groups is 1. The second-order valence-electron chi connectivity index (χ2n) is 3.74. The summed E-state index contributed by atoms with van der Waals surface area (Å²) in [6.07, 6.45) is 2.07. The summed E-state index contributed by atoms with van der Waals surface area (Å²) in [5.41, 5.74) is 1.75. The molecule has 0 saturated heterocycles. The van der Waals surface area contributed by atoms with E-state index in [4.69, 9.17) is 0 Å². The first-order valence-electron chi connectivity index (χ1n) is 5.39. The number of thiazole rings is 1. The molecule has 0 spiro atoms. The minimum Gasteiger partial charge on any atom is -0.258 e. The van der Waals surface area contributed by atoms with E-state index in [1.165, 1.54) is 29.5 Å². The standard InChI is InChI=1S/C12H9N3O3S/c16-8-13-6-10-7-19-12(14-10)5-9-1-3-11(4-2-9)15(17)18/h1-4,7H,5-6H2. The molecular weight excluding hydrogens is 266 g/mol. The third-order valence-corrected chi connectivity index (χ3v) is 3.31. The fourth-order valence-corrected chi connectivity index (χ4v) is 2.35. The van der Waals surface area contributed by atoms with Gasteiger partial charge in [0.1, 0.15) is 0 Å². The van der Waals surface area contributed by atoms with Gasteiger partial charge < -0.3 is 0 Å². The van der Waals surface area contributed by atoms with Crippen LogP contribution in [0.1, 0.15) is 16.3 Å². The maximum Gasteiger partial charge on any atom is 0.269 e. The van der Waals surface area contributed by atoms with Crippen molar-refractivity contribution in [2.24, 2.45) is 4.99 Å². The van der Waals surface area contributed by atoms with Crippen LogP contribution in [0.3, 0.4) is 0 Å². The molecule has 0 aliphatic rings. The number of aliphatic imine (C=N–C) groups is 1. The van der Waals surface area contributed by atoms with Crippen molar-refractivity contribution in [2.45, 2.75) is 13.0 Å². The van der Waals surface area contributed by atoms with Crippen molar-refractivity contribution in [1.82, 2.24) is 4.98 Å². The topological polar surface area (TPSA) is 85.5 Å². The lowest BCUT2D eigenvalue weighted by Gasteiger charge is -1.97. The highest BCUT2D eigenvalue weighted by atomic mass is 32.1. The Hall–Kier alpha value is -2.37. The van der Waals surface area contributed by atoms with Crippen LogP contribution < -0.4 is 0 Å². The molecule has 0 atom stereocenters. The molecule has 1 aromatic heterocycles. The van der Waals surface area contributed by atoms with E-state index in [1.807, 2.05) is 5.38 Å². The summed E-state index contributed by atoms with van der Waals surface area (Å²) in [4.78, 5) is 27.9. The van der Waals surface area contributed by atoms with Gasteiger partial charge in [0.15, 0.2) is 0 Å². The van der Waals surface area contributed by atoms with Crippen LogP contribution in [0.2, 0.25) is 0 Å². The van der Waals surface area contributed by atoms with Gasteiger partial charge >= 0.3 is 0 Å². The number of carbonyl (C=O) groups excluding carboxylic acids is 1. The summed E-state index contributed by atoms with van der Waals surface area (Å²) >= 11 is 1.47. The molecule has 96 valence electrons. The lowest BCUT2D eigenvalue weighted by atomic mass is 10.1. The van der Waals surface area contributed by atoms with Gasteiger partial charge in [0.05, 0.1) is 22.2 Å². The molecule has 2 aromatic rings. The lowest BCUT2D eigenvalue weighted by molar-refractivity contribution is -0.384. The maximum absolute atomic E-state index is 10.5. The second-order valence-corrected chi connectivity index (χ2v) is 4.68. The van der Waals surface area contributed by atoms with Gasteiger partial charge in [-0.05, 0) is 5.56 Å². The first kappa shape index (κ1) is 13.1. The van der Waals surface area contributed by atoms with Crippen LogP contribution in [0.5, 0.6) is 0 Å². The van der Waals surface area contributed by atoms with Gasteiger partial charge in [0.2, 0.25) is 6.08 Å². The van der Waals surface area contributed by atoms with Crippen LogP contribution >= 0.6 is 11.3 Å². The fraction of sp³-hybridized carbons (Fsp3) is 0.167. The average Bonchev–Trinajstić information content (AvgIpc) is 2.84. The molecule has 6 nitrogen and oxygen atoms in total. The molecule has 0 unspecified atom stereocenters. The zero-order valence-electron chi connectivity index (χ0n) is 9.78. The van der Waals surface area contributed by atoms with Gasteiger partial charge in [0.25, 0.3) is 5.69 Å². The van der Waals surface area contributed by atoms with Gasteiger partial charge in [-0.25, -0.2) is 9.78 Å². The molecule has 0 aliphatic heterocycles.